The van der Waals surface area contributed by atoms with Gasteiger partial charge in [-0.05, 0) is 84.0 Å². The molecule has 0 fully saturated rings. The summed E-state index contributed by atoms with van der Waals surface area (Å²) in [5.41, 5.74) is 5.68. The summed E-state index contributed by atoms with van der Waals surface area (Å²) in [5, 5.41) is 6.58. The van der Waals surface area contributed by atoms with E-state index in [9.17, 15) is 18.0 Å². The molecule has 0 saturated carbocycles. The highest BCUT2D eigenvalue weighted by molar-refractivity contribution is 7.85. The van der Waals surface area contributed by atoms with Gasteiger partial charge in [-0.15, -0.1) is 0 Å². The van der Waals surface area contributed by atoms with Crippen LogP contribution < -0.4 is 10.6 Å². The maximum Gasteiger partial charge on any atom is 0.266 e. The lowest BCUT2D eigenvalue weighted by atomic mass is 9.89. The van der Waals surface area contributed by atoms with Crippen LogP contribution in [0.4, 0.5) is 5.69 Å². The topological polar surface area (TPSA) is 126 Å². The minimum Gasteiger partial charge on any atom is -0.456 e. The van der Waals surface area contributed by atoms with Gasteiger partial charge in [0.2, 0.25) is 5.91 Å². The molecule has 0 saturated heterocycles. The summed E-state index contributed by atoms with van der Waals surface area (Å²) in [6.45, 7) is 4.14. The van der Waals surface area contributed by atoms with Gasteiger partial charge in [0, 0.05) is 28.7 Å². The number of carbonyl (C=O) groups excluding carboxylic acids is 2. The number of carbonyl (C=O) groups is 2. The summed E-state index contributed by atoms with van der Waals surface area (Å²) in [7, 11) is -4.17. The molecule has 1 aromatic heterocycles. The molecule has 0 aliphatic carbocycles. The minimum atomic E-state index is -4.17. The standard InChI is InChI=1S/C36H36N2O6S/c1-24(2)21-25-7-11-27(12-8-25)32(22-26-9-13-29(14-10-26)35(39)37-19-20-45(41,42)43)36(40)38-31-17-15-28(16-18-31)34-23-30-5-3-4-6-33(30)44-34/h3-18,23-24,32H,19-22H2,1-2H3,(H,37,39)(H,38,40)(H,41,42,43). The first-order valence-electron chi connectivity index (χ1n) is 14.8. The van der Waals surface area contributed by atoms with E-state index in [0.717, 1.165) is 39.8 Å². The zero-order valence-corrected chi connectivity index (χ0v) is 26.0. The van der Waals surface area contributed by atoms with Gasteiger partial charge in [-0.2, -0.15) is 8.42 Å². The van der Waals surface area contributed by atoms with Gasteiger partial charge in [0.15, 0.2) is 0 Å². The maximum absolute atomic E-state index is 13.8. The molecule has 3 N–H and O–H groups in total. The van der Waals surface area contributed by atoms with Crippen LogP contribution in [0.3, 0.4) is 0 Å². The van der Waals surface area contributed by atoms with Gasteiger partial charge >= 0.3 is 0 Å². The third-order valence-electron chi connectivity index (χ3n) is 7.51. The Labute approximate surface area is 263 Å². The van der Waals surface area contributed by atoms with Gasteiger partial charge < -0.3 is 15.1 Å². The first kappa shape index (κ1) is 31.7. The molecule has 1 unspecified atom stereocenters. The second kappa shape index (κ2) is 13.9. The third kappa shape index (κ3) is 8.68. The van der Waals surface area contributed by atoms with Crippen molar-refractivity contribution in [1.82, 2.24) is 5.32 Å². The van der Waals surface area contributed by atoms with Crippen molar-refractivity contribution in [1.29, 1.82) is 0 Å². The number of para-hydroxylation sites is 1. The molecular formula is C36H36N2O6S. The molecule has 232 valence electrons. The Kier molecular flexibility index (Phi) is 9.80. The number of amides is 2. The van der Waals surface area contributed by atoms with E-state index in [1.54, 1.807) is 24.3 Å². The van der Waals surface area contributed by atoms with Crippen LogP contribution in [0.15, 0.2) is 108 Å². The summed E-state index contributed by atoms with van der Waals surface area (Å²) < 4.78 is 36.7. The molecular weight excluding hydrogens is 588 g/mol. The molecule has 5 aromatic rings. The molecule has 1 atom stereocenters. The molecule has 0 radical (unpaired) electrons. The van der Waals surface area contributed by atoms with Crippen LogP contribution in [-0.2, 0) is 27.8 Å². The summed E-state index contributed by atoms with van der Waals surface area (Å²) in [6.07, 6.45) is 1.35. The number of hydrogen-bond donors (Lipinski definition) is 3. The number of rotatable bonds is 12. The van der Waals surface area contributed by atoms with E-state index in [1.807, 2.05) is 66.7 Å². The van der Waals surface area contributed by atoms with Gasteiger partial charge in [-0.1, -0.05) is 68.4 Å². The Bertz CT molecular complexity index is 1840. The highest BCUT2D eigenvalue weighted by Gasteiger charge is 2.22. The van der Waals surface area contributed by atoms with E-state index in [-0.39, 0.29) is 12.5 Å². The van der Waals surface area contributed by atoms with Crippen molar-refractivity contribution in [3.63, 3.8) is 0 Å². The van der Waals surface area contributed by atoms with E-state index in [4.69, 9.17) is 8.97 Å². The van der Waals surface area contributed by atoms with Crippen LogP contribution in [0.2, 0.25) is 0 Å². The van der Waals surface area contributed by atoms with E-state index >= 15 is 0 Å². The number of furan rings is 1. The smallest absolute Gasteiger partial charge is 0.266 e. The summed E-state index contributed by atoms with van der Waals surface area (Å²) in [6, 6.07) is 32.4. The van der Waals surface area contributed by atoms with Crippen LogP contribution in [0.5, 0.6) is 0 Å². The number of fused-ring (bicyclic) bond motifs is 1. The molecule has 2 amide bonds. The average molecular weight is 625 g/mol. The fourth-order valence-corrected chi connectivity index (χ4v) is 5.57. The van der Waals surface area contributed by atoms with Gasteiger partial charge in [-0.25, -0.2) is 0 Å². The highest BCUT2D eigenvalue weighted by Crippen LogP contribution is 2.29. The van der Waals surface area contributed by atoms with Crippen LogP contribution in [0.25, 0.3) is 22.3 Å². The highest BCUT2D eigenvalue weighted by atomic mass is 32.2. The van der Waals surface area contributed by atoms with Crippen molar-refractivity contribution < 1.29 is 27.0 Å². The van der Waals surface area contributed by atoms with Gasteiger partial charge in [0.1, 0.15) is 11.3 Å². The lowest BCUT2D eigenvalue weighted by Gasteiger charge is -2.19. The van der Waals surface area contributed by atoms with Crippen molar-refractivity contribution in [2.75, 3.05) is 17.6 Å². The lowest BCUT2D eigenvalue weighted by Crippen LogP contribution is -2.28. The fraction of sp³-hybridized carbons (Fsp3) is 0.222. The minimum absolute atomic E-state index is 0.157. The predicted octanol–water partition coefficient (Wildman–Crippen LogP) is 6.88. The zero-order valence-electron chi connectivity index (χ0n) is 25.2. The maximum atomic E-state index is 13.8. The van der Waals surface area contributed by atoms with Crippen molar-refractivity contribution in [3.05, 3.63) is 125 Å². The molecule has 0 bridgehead atoms. The second-order valence-corrected chi connectivity index (χ2v) is 13.1. The number of anilines is 1. The van der Waals surface area contributed by atoms with Crippen molar-refractivity contribution in [3.8, 4) is 11.3 Å². The monoisotopic (exact) mass is 624 g/mol. The average Bonchev–Trinajstić information content (AvgIpc) is 3.44. The molecule has 8 nitrogen and oxygen atoms in total. The molecule has 1 heterocycles. The summed E-state index contributed by atoms with van der Waals surface area (Å²) >= 11 is 0. The lowest BCUT2D eigenvalue weighted by molar-refractivity contribution is -0.117. The Morgan fingerprint density at radius 2 is 1.47 bits per heavy atom. The molecule has 5 rings (SSSR count). The second-order valence-electron chi connectivity index (χ2n) is 11.6. The SMILES string of the molecule is CC(C)Cc1ccc(C(Cc2ccc(C(=O)NCCS(=O)(=O)O)cc2)C(=O)Nc2ccc(-c3cc4ccccc4o3)cc2)cc1. The Balaban J connectivity index is 1.32. The van der Waals surface area contributed by atoms with Gasteiger partial charge in [0.05, 0.1) is 11.7 Å². The van der Waals surface area contributed by atoms with Crippen LogP contribution in [-0.4, -0.2) is 37.1 Å². The van der Waals surface area contributed by atoms with Gasteiger partial charge in [0.25, 0.3) is 16.0 Å². The van der Waals surface area contributed by atoms with Crippen LogP contribution >= 0.6 is 0 Å². The molecule has 0 spiro atoms. The Morgan fingerprint density at radius 1 is 0.822 bits per heavy atom. The molecule has 0 aliphatic rings. The predicted molar refractivity (Wildman–Crippen MR) is 177 cm³/mol. The van der Waals surface area contributed by atoms with E-state index in [0.29, 0.717) is 23.6 Å². The van der Waals surface area contributed by atoms with E-state index < -0.39 is 27.7 Å². The quantitative estimate of drug-likeness (QED) is 0.130. The molecule has 9 heteroatoms. The number of nitrogens with one attached hydrogen (secondary N) is 2. The Hall–Kier alpha value is -4.73. The summed E-state index contributed by atoms with van der Waals surface area (Å²) in [4.78, 5) is 26.2. The van der Waals surface area contributed by atoms with Crippen LogP contribution in [0, 0.1) is 5.92 Å². The molecule has 4 aromatic carbocycles. The largest absolute Gasteiger partial charge is 0.456 e. The van der Waals surface area contributed by atoms with Gasteiger partial charge in [-0.3, -0.25) is 14.1 Å². The molecule has 45 heavy (non-hydrogen) atoms. The third-order valence-corrected chi connectivity index (χ3v) is 8.23. The zero-order chi connectivity index (χ0) is 32.0. The van der Waals surface area contributed by atoms with E-state index in [2.05, 4.69) is 36.6 Å². The van der Waals surface area contributed by atoms with Crippen molar-refractivity contribution in [2.45, 2.75) is 32.6 Å². The van der Waals surface area contributed by atoms with Crippen molar-refractivity contribution in [2.24, 2.45) is 5.92 Å². The van der Waals surface area contributed by atoms with Crippen LogP contribution in [0.1, 0.15) is 46.8 Å². The van der Waals surface area contributed by atoms with E-state index in [1.165, 1.54) is 5.56 Å². The Morgan fingerprint density at radius 3 is 2.11 bits per heavy atom. The molecule has 0 aliphatic heterocycles. The summed E-state index contributed by atoms with van der Waals surface area (Å²) in [5.74, 6) is -0.402. The first-order valence-corrected chi connectivity index (χ1v) is 16.5. The normalized spacial score (nSPS) is 12.3. The van der Waals surface area contributed by atoms with Crippen molar-refractivity contribution >= 4 is 38.6 Å². The first-order chi connectivity index (χ1) is 21.5. The fourth-order valence-electron chi connectivity index (χ4n) is 5.21. The number of benzene rings is 4. The number of hydrogen-bond acceptors (Lipinski definition) is 5.